The number of benzene rings is 1. The molecule has 1 saturated heterocycles. The van der Waals surface area contributed by atoms with E-state index in [0.717, 1.165) is 37.7 Å². The van der Waals surface area contributed by atoms with Crippen LogP contribution in [0.3, 0.4) is 0 Å². The molecule has 1 aliphatic rings. The molecule has 0 atom stereocenters. The third kappa shape index (κ3) is 3.31. The standard InChI is InChI=1S/C16H19ClN4O/c1-19-15(6-7-18-19)16(22)21-10-8-20(9-11-21)12-13-2-4-14(17)5-3-13/h2-7H,8-12H2,1H3. The predicted octanol–water partition coefficient (Wildman–Crippen LogP) is 2.03. The maximum atomic E-state index is 12.4. The van der Waals surface area contributed by atoms with Crippen molar-refractivity contribution in [3.63, 3.8) is 0 Å². The summed E-state index contributed by atoms with van der Waals surface area (Å²) in [6, 6.07) is 9.70. The van der Waals surface area contributed by atoms with Crippen molar-refractivity contribution in [1.82, 2.24) is 19.6 Å². The van der Waals surface area contributed by atoms with Crippen LogP contribution in [0.5, 0.6) is 0 Å². The van der Waals surface area contributed by atoms with E-state index in [-0.39, 0.29) is 5.91 Å². The van der Waals surface area contributed by atoms with Crippen LogP contribution in [0.25, 0.3) is 0 Å². The molecule has 6 heteroatoms. The molecule has 1 aromatic carbocycles. The first-order valence-electron chi connectivity index (χ1n) is 7.37. The molecule has 0 bridgehead atoms. The second-order valence-corrected chi connectivity index (χ2v) is 5.97. The van der Waals surface area contributed by atoms with Gasteiger partial charge in [-0.15, -0.1) is 0 Å². The van der Waals surface area contributed by atoms with Gasteiger partial charge in [0, 0.05) is 51.0 Å². The van der Waals surface area contributed by atoms with Crippen LogP contribution in [0.1, 0.15) is 16.1 Å². The zero-order chi connectivity index (χ0) is 15.5. The van der Waals surface area contributed by atoms with Crippen LogP contribution < -0.4 is 0 Å². The molecule has 116 valence electrons. The van der Waals surface area contributed by atoms with Crippen molar-refractivity contribution >= 4 is 17.5 Å². The minimum Gasteiger partial charge on any atom is -0.335 e. The minimum atomic E-state index is 0.0612. The summed E-state index contributed by atoms with van der Waals surface area (Å²) in [5, 5.41) is 4.82. The highest BCUT2D eigenvalue weighted by atomic mass is 35.5. The van der Waals surface area contributed by atoms with E-state index in [0.29, 0.717) is 5.69 Å². The number of carbonyl (C=O) groups excluding carboxylic acids is 1. The summed E-state index contributed by atoms with van der Waals surface area (Å²) in [4.78, 5) is 16.7. The Hall–Kier alpha value is -1.85. The lowest BCUT2D eigenvalue weighted by Crippen LogP contribution is -2.48. The third-order valence-corrected chi connectivity index (χ3v) is 4.27. The third-order valence-electron chi connectivity index (χ3n) is 4.02. The quantitative estimate of drug-likeness (QED) is 0.869. The molecular formula is C16H19ClN4O. The van der Waals surface area contributed by atoms with E-state index in [2.05, 4.69) is 22.1 Å². The molecule has 1 aromatic heterocycles. The predicted molar refractivity (Wildman–Crippen MR) is 85.8 cm³/mol. The highest BCUT2D eigenvalue weighted by Crippen LogP contribution is 2.14. The Morgan fingerprint density at radius 2 is 1.82 bits per heavy atom. The van der Waals surface area contributed by atoms with Gasteiger partial charge in [-0.1, -0.05) is 23.7 Å². The lowest BCUT2D eigenvalue weighted by molar-refractivity contribution is 0.0618. The Kier molecular flexibility index (Phi) is 4.45. The van der Waals surface area contributed by atoms with Crippen LogP contribution in [0.15, 0.2) is 36.5 Å². The van der Waals surface area contributed by atoms with Crippen molar-refractivity contribution in [2.24, 2.45) is 7.05 Å². The van der Waals surface area contributed by atoms with Gasteiger partial charge in [-0.25, -0.2) is 0 Å². The Bertz CT molecular complexity index is 644. The largest absolute Gasteiger partial charge is 0.335 e. The zero-order valence-electron chi connectivity index (χ0n) is 12.6. The van der Waals surface area contributed by atoms with Crippen LogP contribution in [0.2, 0.25) is 5.02 Å². The van der Waals surface area contributed by atoms with E-state index in [1.807, 2.05) is 17.0 Å². The monoisotopic (exact) mass is 318 g/mol. The van der Waals surface area contributed by atoms with Gasteiger partial charge in [-0.2, -0.15) is 5.10 Å². The van der Waals surface area contributed by atoms with Crippen molar-refractivity contribution in [3.05, 3.63) is 52.8 Å². The Morgan fingerprint density at radius 3 is 2.41 bits per heavy atom. The summed E-state index contributed by atoms with van der Waals surface area (Å²) < 4.78 is 1.63. The lowest BCUT2D eigenvalue weighted by Gasteiger charge is -2.34. The van der Waals surface area contributed by atoms with E-state index in [4.69, 9.17) is 11.6 Å². The van der Waals surface area contributed by atoms with Gasteiger partial charge in [-0.05, 0) is 23.8 Å². The van der Waals surface area contributed by atoms with Crippen LogP contribution in [0.4, 0.5) is 0 Å². The molecule has 0 saturated carbocycles. The lowest BCUT2D eigenvalue weighted by atomic mass is 10.2. The summed E-state index contributed by atoms with van der Waals surface area (Å²) in [5.74, 6) is 0.0612. The van der Waals surface area contributed by atoms with Gasteiger partial charge in [0.1, 0.15) is 5.69 Å². The van der Waals surface area contributed by atoms with Crippen LogP contribution in [-0.2, 0) is 13.6 Å². The summed E-state index contributed by atoms with van der Waals surface area (Å²) in [6.07, 6.45) is 1.66. The second kappa shape index (κ2) is 6.50. The molecule has 0 N–H and O–H groups in total. The fourth-order valence-corrected chi connectivity index (χ4v) is 2.83. The number of aryl methyl sites for hydroxylation is 1. The number of halogens is 1. The number of nitrogens with zero attached hydrogens (tertiary/aromatic N) is 4. The molecule has 22 heavy (non-hydrogen) atoms. The first-order chi connectivity index (χ1) is 10.6. The number of carbonyl (C=O) groups is 1. The maximum Gasteiger partial charge on any atom is 0.272 e. The zero-order valence-corrected chi connectivity index (χ0v) is 13.3. The van der Waals surface area contributed by atoms with E-state index >= 15 is 0 Å². The summed E-state index contributed by atoms with van der Waals surface area (Å²) >= 11 is 5.91. The molecule has 2 heterocycles. The molecule has 0 radical (unpaired) electrons. The molecule has 2 aromatic rings. The number of hydrogen-bond donors (Lipinski definition) is 0. The maximum absolute atomic E-state index is 12.4. The van der Waals surface area contributed by atoms with Gasteiger partial charge in [0.05, 0.1) is 0 Å². The minimum absolute atomic E-state index is 0.0612. The molecule has 0 spiro atoms. The molecular weight excluding hydrogens is 300 g/mol. The molecule has 0 unspecified atom stereocenters. The van der Waals surface area contributed by atoms with Gasteiger partial charge in [0.2, 0.25) is 0 Å². The van der Waals surface area contributed by atoms with Gasteiger partial charge in [0.15, 0.2) is 0 Å². The molecule has 1 fully saturated rings. The average molecular weight is 319 g/mol. The first-order valence-corrected chi connectivity index (χ1v) is 7.75. The fraction of sp³-hybridized carbons (Fsp3) is 0.375. The fourth-order valence-electron chi connectivity index (χ4n) is 2.70. The normalized spacial score (nSPS) is 16.0. The molecule has 1 amide bonds. The van der Waals surface area contributed by atoms with Crippen molar-refractivity contribution < 1.29 is 4.79 Å². The number of rotatable bonds is 3. The number of amides is 1. The van der Waals surface area contributed by atoms with Crippen molar-refractivity contribution in [2.75, 3.05) is 26.2 Å². The van der Waals surface area contributed by atoms with Crippen LogP contribution >= 0.6 is 11.6 Å². The van der Waals surface area contributed by atoms with Crippen molar-refractivity contribution in [1.29, 1.82) is 0 Å². The van der Waals surface area contributed by atoms with E-state index in [1.54, 1.807) is 24.0 Å². The van der Waals surface area contributed by atoms with E-state index < -0.39 is 0 Å². The molecule has 0 aliphatic carbocycles. The number of aromatic nitrogens is 2. The van der Waals surface area contributed by atoms with Gasteiger partial charge < -0.3 is 4.90 Å². The van der Waals surface area contributed by atoms with Crippen molar-refractivity contribution in [3.8, 4) is 0 Å². The van der Waals surface area contributed by atoms with Crippen molar-refractivity contribution in [2.45, 2.75) is 6.54 Å². The van der Waals surface area contributed by atoms with Gasteiger partial charge in [-0.3, -0.25) is 14.4 Å². The van der Waals surface area contributed by atoms with Gasteiger partial charge in [0.25, 0.3) is 5.91 Å². The van der Waals surface area contributed by atoms with Crippen LogP contribution in [-0.4, -0.2) is 51.7 Å². The highest BCUT2D eigenvalue weighted by molar-refractivity contribution is 6.30. The smallest absolute Gasteiger partial charge is 0.272 e. The van der Waals surface area contributed by atoms with Gasteiger partial charge >= 0.3 is 0 Å². The van der Waals surface area contributed by atoms with Crippen LogP contribution in [0, 0.1) is 0 Å². The first kappa shape index (κ1) is 15.1. The Balaban J connectivity index is 1.55. The molecule has 5 nitrogen and oxygen atoms in total. The van der Waals surface area contributed by atoms with E-state index in [9.17, 15) is 4.79 Å². The molecule has 3 rings (SSSR count). The topological polar surface area (TPSA) is 41.4 Å². The number of hydrogen-bond acceptors (Lipinski definition) is 3. The van der Waals surface area contributed by atoms with E-state index in [1.165, 1.54) is 5.56 Å². The summed E-state index contributed by atoms with van der Waals surface area (Å²) in [5.41, 5.74) is 1.89. The summed E-state index contributed by atoms with van der Waals surface area (Å²) in [6.45, 7) is 4.15. The Morgan fingerprint density at radius 1 is 1.14 bits per heavy atom. The SMILES string of the molecule is Cn1nccc1C(=O)N1CCN(Cc2ccc(Cl)cc2)CC1. The Labute approximate surface area is 135 Å². The summed E-state index contributed by atoms with van der Waals surface area (Å²) in [7, 11) is 1.80. The molecule has 1 aliphatic heterocycles. The average Bonchev–Trinajstić information content (AvgIpc) is 2.96. The highest BCUT2D eigenvalue weighted by Gasteiger charge is 2.23. The number of piperazine rings is 1. The second-order valence-electron chi connectivity index (χ2n) is 5.53.